The van der Waals surface area contributed by atoms with Crippen molar-refractivity contribution in [3.8, 4) is 11.5 Å². The lowest BCUT2D eigenvalue weighted by atomic mass is 9.88. The Morgan fingerprint density at radius 3 is 2.77 bits per heavy atom. The van der Waals surface area contributed by atoms with Crippen molar-refractivity contribution in [2.75, 3.05) is 12.0 Å². The maximum Gasteiger partial charge on any atom is 0.227 e. The summed E-state index contributed by atoms with van der Waals surface area (Å²) >= 11 is 0. The first kappa shape index (κ1) is 13.2. The summed E-state index contributed by atoms with van der Waals surface area (Å²) in [5.41, 5.74) is 3.15. The summed E-state index contributed by atoms with van der Waals surface area (Å²) in [7, 11) is 1.55. The number of para-hydroxylation sites is 2. The molecule has 2 atom stereocenters. The Balaban J connectivity index is 1.78. The van der Waals surface area contributed by atoms with E-state index < -0.39 is 0 Å². The molecule has 112 valence electrons. The molecule has 0 unspecified atom stereocenters. The summed E-state index contributed by atoms with van der Waals surface area (Å²) in [5, 5.41) is 10.0. The summed E-state index contributed by atoms with van der Waals surface area (Å²) < 4.78 is 5.37. The van der Waals surface area contributed by atoms with Gasteiger partial charge in [0.25, 0.3) is 0 Å². The van der Waals surface area contributed by atoms with Gasteiger partial charge in [0.2, 0.25) is 5.91 Å². The predicted octanol–water partition coefficient (Wildman–Crippen LogP) is 2.85. The lowest BCUT2D eigenvalue weighted by molar-refractivity contribution is -0.117. The number of amides is 1. The van der Waals surface area contributed by atoms with Gasteiger partial charge in [-0.25, -0.2) is 0 Å². The van der Waals surface area contributed by atoms with Gasteiger partial charge in [-0.15, -0.1) is 0 Å². The Morgan fingerprint density at radius 2 is 1.95 bits per heavy atom. The van der Waals surface area contributed by atoms with Gasteiger partial charge in [0.15, 0.2) is 11.5 Å². The topological polar surface area (TPSA) is 49.8 Å². The number of methoxy groups -OCH3 is 1. The molecule has 0 bridgehead atoms. The second kappa shape index (κ2) is 4.77. The van der Waals surface area contributed by atoms with E-state index >= 15 is 0 Å². The van der Waals surface area contributed by atoms with Crippen molar-refractivity contribution >= 4 is 11.6 Å². The van der Waals surface area contributed by atoms with Crippen LogP contribution in [0.2, 0.25) is 0 Å². The van der Waals surface area contributed by atoms with Crippen LogP contribution in [0.1, 0.15) is 23.5 Å². The fourth-order valence-electron chi connectivity index (χ4n) is 3.85. The maximum absolute atomic E-state index is 12.5. The van der Waals surface area contributed by atoms with E-state index in [1.54, 1.807) is 13.2 Å². The second-order valence-corrected chi connectivity index (χ2v) is 5.87. The Hall–Kier alpha value is -2.49. The first-order chi connectivity index (χ1) is 10.7. The molecule has 1 N–H and O–H groups in total. The van der Waals surface area contributed by atoms with E-state index in [0.717, 1.165) is 17.7 Å². The third-order valence-electron chi connectivity index (χ3n) is 4.77. The summed E-state index contributed by atoms with van der Waals surface area (Å²) in [5.74, 6) is 0.798. The number of anilines is 1. The third-order valence-corrected chi connectivity index (χ3v) is 4.77. The van der Waals surface area contributed by atoms with E-state index in [1.807, 2.05) is 35.2 Å². The average molecular weight is 295 g/mol. The molecule has 1 fully saturated rings. The van der Waals surface area contributed by atoms with E-state index in [-0.39, 0.29) is 23.6 Å². The number of carbonyl (C=O) groups is 1. The number of phenolic OH excluding ortho intramolecular Hbond substituents is 1. The first-order valence-corrected chi connectivity index (χ1v) is 7.46. The fourth-order valence-corrected chi connectivity index (χ4v) is 3.85. The molecule has 0 aromatic heterocycles. The van der Waals surface area contributed by atoms with Crippen LogP contribution in [-0.2, 0) is 11.2 Å². The van der Waals surface area contributed by atoms with Gasteiger partial charge in [0, 0.05) is 29.6 Å². The Kier molecular flexibility index (Phi) is 2.86. The molecular weight excluding hydrogens is 278 g/mol. The Bertz CT molecular complexity index is 756. The van der Waals surface area contributed by atoms with Gasteiger partial charge in [0.1, 0.15) is 0 Å². The molecule has 0 radical (unpaired) electrons. The Labute approximate surface area is 128 Å². The van der Waals surface area contributed by atoms with Crippen LogP contribution in [0.3, 0.4) is 0 Å². The number of hydrogen-bond acceptors (Lipinski definition) is 3. The summed E-state index contributed by atoms with van der Waals surface area (Å²) in [4.78, 5) is 14.4. The highest BCUT2D eigenvalue weighted by atomic mass is 16.5. The van der Waals surface area contributed by atoms with Gasteiger partial charge in [-0.05, 0) is 24.1 Å². The molecule has 2 heterocycles. The number of fused-ring (bicyclic) bond motifs is 3. The SMILES string of the molecule is COc1c(O)cccc1[C@@H]1CC(=O)N2c3ccccc3C[C@H]12. The molecule has 0 aliphatic carbocycles. The standard InChI is InChI=1S/C18H17NO3/c1-22-18-12(6-4-8-16(18)20)13-10-17(21)19-14-7-3-2-5-11(14)9-15(13)19/h2-8,13,15,20H,9-10H2,1H3/t13-,15+/m0/s1. The lowest BCUT2D eigenvalue weighted by Crippen LogP contribution is -2.31. The zero-order valence-corrected chi connectivity index (χ0v) is 12.3. The number of hydrogen-bond donors (Lipinski definition) is 1. The number of nitrogens with zero attached hydrogens (tertiary/aromatic N) is 1. The van der Waals surface area contributed by atoms with Crippen LogP contribution in [0.15, 0.2) is 42.5 Å². The van der Waals surface area contributed by atoms with Gasteiger partial charge in [-0.1, -0.05) is 30.3 Å². The smallest absolute Gasteiger partial charge is 0.227 e. The van der Waals surface area contributed by atoms with Gasteiger partial charge in [-0.3, -0.25) is 4.79 Å². The Morgan fingerprint density at radius 1 is 1.14 bits per heavy atom. The molecule has 4 heteroatoms. The molecule has 0 saturated carbocycles. The van der Waals surface area contributed by atoms with E-state index in [9.17, 15) is 9.90 Å². The van der Waals surface area contributed by atoms with E-state index in [0.29, 0.717) is 12.2 Å². The predicted molar refractivity (Wildman–Crippen MR) is 83.4 cm³/mol. The number of benzene rings is 2. The molecule has 2 aromatic rings. The molecular formula is C18H17NO3. The molecule has 2 aliphatic rings. The zero-order valence-electron chi connectivity index (χ0n) is 12.3. The summed E-state index contributed by atoms with van der Waals surface area (Å²) in [6, 6.07) is 13.5. The second-order valence-electron chi connectivity index (χ2n) is 5.87. The summed E-state index contributed by atoms with van der Waals surface area (Å²) in [6.45, 7) is 0. The van der Waals surface area contributed by atoms with E-state index in [4.69, 9.17) is 4.74 Å². The maximum atomic E-state index is 12.5. The number of carbonyl (C=O) groups excluding carboxylic acids is 1. The normalized spacial score (nSPS) is 22.6. The van der Waals surface area contributed by atoms with Crippen molar-refractivity contribution in [1.29, 1.82) is 0 Å². The number of phenols is 1. The van der Waals surface area contributed by atoms with Crippen LogP contribution < -0.4 is 9.64 Å². The molecule has 2 aromatic carbocycles. The number of aromatic hydroxyl groups is 1. The zero-order chi connectivity index (χ0) is 15.3. The number of ether oxygens (including phenoxy) is 1. The minimum absolute atomic E-state index is 0.0435. The molecule has 4 rings (SSSR count). The van der Waals surface area contributed by atoms with Gasteiger partial charge in [0.05, 0.1) is 7.11 Å². The average Bonchev–Trinajstić information content (AvgIpc) is 3.05. The van der Waals surface area contributed by atoms with Crippen LogP contribution in [-0.4, -0.2) is 24.2 Å². The molecule has 2 aliphatic heterocycles. The molecule has 22 heavy (non-hydrogen) atoms. The van der Waals surface area contributed by atoms with Crippen molar-refractivity contribution in [1.82, 2.24) is 0 Å². The van der Waals surface area contributed by atoms with Crippen LogP contribution >= 0.6 is 0 Å². The largest absolute Gasteiger partial charge is 0.504 e. The summed E-state index contributed by atoms with van der Waals surface area (Å²) in [6.07, 6.45) is 1.31. The fraction of sp³-hybridized carbons (Fsp3) is 0.278. The minimum atomic E-state index is 0.0435. The van der Waals surface area contributed by atoms with Crippen molar-refractivity contribution in [2.45, 2.75) is 24.8 Å². The molecule has 0 spiro atoms. The monoisotopic (exact) mass is 295 g/mol. The third kappa shape index (κ3) is 1.73. The van der Waals surface area contributed by atoms with Crippen molar-refractivity contribution in [3.63, 3.8) is 0 Å². The highest BCUT2D eigenvalue weighted by Crippen LogP contribution is 2.48. The highest BCUT2D eigenvalue weighted by molar-refractivity contribution is 6.00. The molecule has 4 nitrogen and oxygen atoms in total. The van der Waals surface area contributed by atoms with Crippen molar-refractivity contribution in [2.24, 2.45) is 0 Å². The van der Waals surface area contributed by atoms with Crippen LogP contribution in [0.5, 0.6) is 11.5 Å². The van der Waals surface area contributed by atoms with E-state index in [1.165, 1.54) is 5.56 Å². The quantitative estimate of drug-likeness (QED) is 0.927. The highest BCUT2D eigenvalue weighted by Gasteiger charge is 2.46. The van der Waals surface area contributed by atoms with Crippen molar-refractivity contribution in [3.05, 3.63) is 53.6 Å². The number of rotatable bonds is 2. The van der Waals surface area contributed by atoms with Crippen LogP contribution in [0, 0.1) is 0 Å². The lowest BCUT2D eigenvalue weighted by Gasteiger charge is -2.22. The first-order valence-electron chi connectivity index (χ1n) is 7.46. The van der Waals surface area contributed by atoms with Gasteiger partial charge >= 0.3 is 0 Å². The minimum Gasteiger partial charge on any atom is -0.504 e. The van der Waals surface area contributed by atoms with Gasteiger partial charge in [-0.2, -0.15) is 0 Å². The van der Waals surface area contributed by atoms with Crippen LogP contribution in [0.4, 0.5) is 5.69 Å². The molecule has 1 saturated heterocycles. The van der Waals surface area contributed by atoms with Gasteiger partial charge < -0.3 is 14.7 Å². The van der Waals surface area contributed by atoms with Crippen LogP contribution in [0.25, 0.3) is 0 Å². The van der Waals surface area contributed by atoms with Crippen molar-refractivity contribution < 1.29 is 14.6 Å². The molecule has 1 amide bonds. The van der Waals surface area contributed by atoms with E-state index in [2.05, 4.69) is 6.07 Å².